The zero-order chi connectivity index (χ0) is 14.6. The van der Waals surface area contributed by atoms with E-state index in [1.807, 2.05) is 26.1 Å². The van der Waals surface area contributed by atoms with Gasteiger partial charge < -0.3 is 5.32 Å². The van der Waals surface area contributed by atoms with Gasteiger partial charge in [0.05, 0.1) is 4.90 Å². The van der Waals surface area contributed by atoms with E-state index in [4.69, 9.17) is 0 Å². The Labute approximate surface area is 122 Å². The van der Waals surface area contributed by atoms with Crippen LogP contribution in [-0.4, -0.2) is 28.1 Å². The molecule has 1 unspecified atom stereocenters. The molecule has 1 atom stereocenters. The Morgan fingerprint density at radius 3 is 2.45 bits per heavy atom. The van der Waals surface area contributed by atoms with Gasteiger partial charge in [0.25, 0.3) is 0 Å². The minimum Gasteiger partial charge on any atom is -0.320 e. The van der Waals surface area contributed by atoms with Crippen molar-refractivity contribution in [2.24, 2.45) is 5.92 Å². The molecule has 5 heteroatoms. The molecular weight excluding hydrogens is 272 g/mol. The number of sulfonamides is 1. The Hall–Kier alpha value is -0.910. The van der Waals surface area contributed by atoms with Crippen LogP contribution in [0, 0.1) is 5.92 Å². The van der Waals surface area contributed by atoms with Crippen LogP contribution in [0.4, 0.5) is 0 Å². The van der Waals surface area contributed by atoms with Crippen LogP contribution in [0.5, 0.6) is 0 Å². The van der Waals surface area contributed by atoms with Crippen molar-refractivity contribution in [3.63, 3.8) is 0 Å². The number of benzene rings is 1. The zero-order valence-electron chi connectivity index (χ0n) is 12.2. The Bertz CT molecular complexity index is 521. The van der Waals surface area contributed by atoms with E-state index >= 15 is 0 Å². The second kappa shape index (κ2) is 6.70. The minimum absolute atomic E-state index is 0.0373. The molecule has 4 nitrogen and oxygen atoms in total. The molecule has 1 aromatic rings. The molecule has 1 aromatic carbocycles. The lowest BCUT2D eigenvalue weighted by Gasteiger charge is -2.13. The van der Waals surface area contributed by atoms with Crippen LogP contribution in [0.25, 0.3) is 0 Å². The van der Waals surface area contributed by atoms with Crippen molar-refractivity contribution in [3.8, 4) is 0 Å². The van der Waals surface area contributed by atoms with Gasteiger partial charge in [-0.25, -0.2) is 13.1 Å². The van der Waals surface area contributed by atoms with Crippen molar-refractivity contribution in [1.82, 2.24) is 10.0 Å². The summed E-state index contributed by atoms with van der Waals surface area (Å²) in [7, 11) is -1.44. The maximum absolute atomic E-state index is 12.2. The predicted octanol–water partition coefficient (Wildman–Crippen LogP) is 1.92. The third-order valence-corrected chi connectivity index (χ3v) is 5.37. The molecule has 1 saturated carbocycles. The number of aryl methyl sites for hydroxylation is 1. The van der Waals surface area contributed by atoms with Gasteiger partial charge in [0.15, 0.2) is 0 Å². The SMILES string of the molecule is CNCCCc1ccc(S(=O)(=O)NC(C)C2CC2)cc1. The molecule has 0 aliphatic heterocycles. The van der Waals surface area contributed by atoms with Crippen LogP contribution in [0.3, 0.4) is 0 Å². The quantitative estimate of drug-likeness (QED) is 0.721. The Balaban J connectivity index is 1.97. The van der Waals surface area contributed by atoms with Crippen LogP contribution in [-0.2, 0) is 16.4 Å². The van der Waals surface area contributed by atoms with Crippen LogP contribution in [0.2, 0.25) is 0 Å². The van der Waals surface area contributed by atoms with Crippen LogP contribution in [0.1, 0.15) is 31.7 Å². The largest absolute Gasteiger partial charge is 0.320 e. The number of hydrogen-bond donors (Lipinski definition) is 2. The lowest BCUT2D eigenvalue weighted by Crippen LogP contribution is -2.33. The van der Waals surface area contributed by atoms with Crippen molar-refractivity contribution in [2.75, 3.05) is 13.6 Å². The van der Waals surface area contributed by atoms with Crippen LogP contribution < -0.4 is 10.0 Å². The summed E-state index contributed by atoms with van der Waals surface area (Å²) in [5, 5.41) is 3.11. The summed E-state index contributed by atoms with van der Waals surface area (Å²) in [6, 6.07) is 7.26. The molecule has 1 aliphatic rings. The Morgan fingerprint density at radius 1 is 1.25 bits per heavy atom. The summed E-state index contributed by atoms with van der Waals surface area (Å²) in [6.07, 6.45) is 4.29. The van der Waals surface area contributed by atoms with Gasteiger partial charge in [-0.05, 0) is 69.8 Å². The van der Waals surface area contributed by atoms with Gasteiger partial charge in [-0.1, -0.05) is 12.1 Å². The fourth-order valence-electron chi connectivity index (χ4n) is 2.31. The molecule has 20 heavy (non-hydrogen) atoms. The summed E-state index contributed by atoms with van der Waals surface area (Å²) in [6.45, 7) is 2.92. The van der Waals surface area contributed by atoms with E-state index in [2.05, 4.69) is 10.0 Å². The monoisotopic (exact) mass is 296 g/mol. The normalized spacial score (nSPS) is 17.1. The maximum Gasteiger partial charge on any atom is 0.240 e. The Kier molecular flexibility index (Phi) is 5.18. The lowest BCUT2D eigenvalue weighted by atomic mass is 10.1. The molecule has 2 rings (SSSR count). The number of hydrogen-bond acceptors (Lipinski definition) is 3. The molecule has 1 aliphatic carbocycles. The average molecular weight is 296 g/mol. The van der Waals surface area contributed by atoms with Crippen LogP contribution >= 0.6 is 0 Å². The van der Waals surface area contributed by atoms with E-state index in [0.717, 1.165) is 32.2 Å². The summed E-state index contributed by atoms with van der Waals surface area (Å²) < 4.78 is 27.2. The van der Waals surface area contributed by atoms with E-state index in [9.17, 15) is 8.42 Å². The standard InChI is InChI=1S/C15H24N2O2S/c1-12(14-7-8-14)17-20(18,19)15-9-5-13(6-10-15)4-3-11-16-2/h5-6,9-10,12,14,16-17H,3-4,7-8,11H2,1-2H3. The highest BCUT2D eigenvalue weighted by Crippen LogP contribution is 2.33. The van der Waals surface area contributed by atoms with Crippen molar-refractivity contribution < 1.29 is 8.42 Å². The maximum atomic E-state index is 12.2. The molecule has 112 valence electrons. The van der Waals surface area contributed by atoms with Gasteiger partial charge in [-0.15, -0.1) is 0 Å². The van der Waals surface area contributed by atoms with E-state index in [-0.39, 0.29) is 6.04 Å². The molecule has 0 amide bonds. The first-order chi connectivity index (χ1) is 9.53. The zero-order valence-corrected chi connectivity index (χ0v) is 13.0. The summed E-state index contributed by atoms with van der Waals surface area (Å²) in [5.74, 6) is 0.519. The van der Waals surface area contributed by atoms with Gasteiger partial charge in [0, 0.05) is 6.04 Å². The number of nitrogens with one attached hydrogen (secondary N) is 2. The third-order valence-electron chi connectivity index (χ3n) is 3.80. The van der Waals surface area contributed by atoms with E-state index in [1.54, 1.807) is 12.1 Å². The molecule has 0 bridgehead atoms. The van der Waals surface area contributed by atoms with Crippen molar-refractivity contribution in [3.05, 3.63) is 29.8 Å². The fourth-order valence-corrected chi connectivity index (χ4v) is 3.62. The first-order valence-electron chi connectivity index (χ1n) is 7.29. The molecule has 0 radical (unpaired) electrons. The summed E-state index contributed by atoms with van der Waals surface area (Å²) in [5.41, 5.74) is 1.18. The predicted molar refractivity (Wildman–Crippen MR) is 81.2 cm³/mol. The third kappa shape index (κ3) is 4.30. The smallest absolute Gasteiger partial charge is 0.240 e. The molecule has 0 spiro atoms. The highest BCUT2D eigenvalue weighted by Gasteiger charge is 2.31. The fraction of sp³-hybridized carbons (Fsp3) is 0.600. The van der Waals surface area contributed by atoms with Gasteiger partial charge >= 0.3 is 0 Å². The summed E-state index contributed by atoms with van der Waals surface area (Å²) >= 11 is 0. The van der Waals surface area contributed by atoms with Gasteiger partial charge in [-0.2, -0.15) is 0 Å². The second-order valence-corrected chi connectivity index (χ2v) is 7.31. The molecule has 0 saturated heterocycles. The second-order valence-electron chi connectivity index (χ2n) is 5.60. The molecule has 2 N–H and O–H groups in total. The topological polar surface area (TPSA) is 58.2 Å². The van der Waals surface area contributed by atoms with Crippen LogP contribution in [0.15, 0.2) is 29.2 Å². The Morgan fingerprint density at radius 2 is 1.90 bits per heavy atom. The van der Waals surface area contributed by atoms with Gasteiger partial charge in [-0.3, -0.25) is 0 Å². The van der Waals surface area contributed by atoms with E-state index < -0.39 is 10.0 Å². The average Bonchev–Trinajstić information content (AvgIpc) is 3.23. The van der Waals surface area contributed by atoms with Gasteiger partial charge in [0.2, 0.25) is 10.0 Å². The van der Waals surface area contributed by atoms with E-state index in [0.29, 0.717) is 10.8 Å². The van der Waals surface area contributed by atoms with Crippen molar-refractivity contribution in [1.29, 1.82) is 0 Å². The first kappa shape index (κ1) is 15.5. The number of rotatable bonds is 8. The molecule has 1 fully saturated rings. The van der Waals surface area contributed by atoms with E-state index in [1.165, 1.54) is 5.56 Å². The van der Waals surface area contributed by atoms with Gasteiger partial charge in [0.1, 0.15) is 0 Å². The van der Waals surface area contributed by atoms with Crippen molar-refractivity contribution >= 4 is 10.0 Å². The first-order valence-corrected chi connectivity index (χ1v) is 8.77. The molecule has 0 heterocycles. The lowest BCUT2D eigenvalue weighted by molar-refractivity contribution is 0.538. The molecule has 0 aromatic heterocycles. The highest BCUT2D eigenvalue weighted by molar-refractivity contribution is 7.89. The summed E-state index contributed by atoms with van der Waals surface area (Å²) in [4.78, 5) is 0.363. The molecular formula is C15H24N2O2S. The minimum atomic E-state index is -3.37. The highest BCUT2D eigenvalue weighted by atomic mass is 32.2. The van der Waals surface area contributed by atoms with Crippen molar-refractivity contribution in [2.45, 2.75) is 43.5 Å².